The number of ether oxygens (including phenoxy) is 6. The zero-order valence-electron chi connectivity index (χ0n) is 18.1. The van der Waals surface area contributed by atoms with E-state index in [0.29, 0.717) is 26.1 Å². The van der Waals surface area contributed by atoms with Crippen LogP contribution >= 0.6 is 0 Å². The van der Waals surface area contributed by atoms with E-state index in [2.05, 4.69) is 9.47 Å². The normalized spacial score (nSPS) is 11.1. The highest BCUT2D eigenvalue weighted by Gasteiger charge is 2.32. The minimum atomic E-state index is -0.683. The first-order valence-corrected chi connectivity index (χ1v) is 9.70. The monoisotopic (exact) mass is 442 g/mol. The first-order chi connectivity index (χ1) is 14.0. The molecule has 0 unspecified atom stereocenters. The third kappa shape index (κ3) is 16.5. The van der Waals surface area contributed by atoms with E-state index in [4.69, 9.17) is 29.2 Å². The molecule has 0 aliphatic rings. The molecule has 30 heavy (non-hydrogen) atoms. The molecule has 0 radical (unpaired) electrons. The molecular formula is C19H38O11. The third-order valence-electron chi connectivity index (χ3n) is 3.88. The maximum Gasteiger partial charge on any atom is 0.307 e. The van der Waals surface area contributed by atoms with Gasteiger partial charge in [0, 0.05) is 26.4 Å². The van der Waals surface area contributed by atoms with E-state index >= 15 is 0 Å². The fourth-order valence-corrected chi connectivity index (χ4v) is 2.25. The molecule has 0 aromatic heterocycles. The number of rotatable bonds is 20. The van der Waals surface area contributed by atoms with Crippen molar-refractivity contribution in [2.45, 2.75) is 25.7 Å². The van der Waals surface area contributed by atoms with Gasteiger partial charge in [-0.15, -0.1) is 0 Å². The molecular weight excluding hydrogens is 404 g/mol. The Morgan fingerprint density at radius 2 is 1.00 bits per heavy atom. The Bertz CT molecular complexity index is 379. The van der Waals surface area contributed by atoms with Crippen molar-refractivity contribution in [2.24, 2.45) is 5.41 Å². The first-order valence-electron chi connectivity index (χ1n) is 9.70. The van der Waals surface area contributed by atoms with Crippen LogP contribution in [-0.2, 0) is 38.0 Å². The number of carbonyl (C=O) groups excluding carboxylic acids is 2. The zero-order valence-corrected chi connectivity index (χ0v) is 18.1. The second-order valence-corrected chi connectivity index (χ2v) is 6.52. The summed E-state index contributed by atoms with van der Waals surface area (Å²) in [5.41, 5.74) is -0.683. The lowest BCUT2D eigenvalue weighted by Crippen LogP contribution is -2.42. The minimum absolute atomic E-state index is 0. The summed E-state index contributed by atoms with van der Waals surface area (Å²) < 4.78 is 31.8. The Morgan fingerprint density at radius 1 is 0.667 bits per heavy atom. The average Bonchev–Trinajstić information content (AvgIpc) is 2.74. The van der Waals surface area contributed by atoms with Crippen LogP contribution in [0.25, 0.3) is 0 Å². The predicted molar refractivity (Wildman–Crippen MR) is 106 cm³/mol. The van der Waals surface area contributed by atoms with Gasteiger partial charge in [-0.25, -0.2) is 0 Å². The summed E-state index contributed by atoms with van der Waals surface area (Å²) in [4.78, 5) is 22.5. The standard InChI is InChI=1S/C19H36O10.H2O/c1-24-17(22)5-11-28-15-19(13-26-9-3-7-20,14-27-10-4-8-21)16-29-12-6-18(23)25-2;/h20-21H,3-16H2,1-2H3;1H2. The van der Waals surface area contributed by atoms with E-state index in [-0.39, 0.29) is 83.1 Å². The summed E-state index contributed by atoms with van der Waals surface area (Å²) in [6, 6.07) is 0. The van der Waals surface area contributed by atoms with E-state index in [1.165, 1.54) is 14.2 Å². The van der Waals surface area contributed by atoms with Crippen molar-refractivity contribution in [1.29, 1.82) is 0 Å². The van der Waals surface area contributed by atoms with Gasteiger partial charge in [0.25, 0.3) is 0 Å². The van der Waals surface area contributed by atoms with Gasteiger partial charge in [0.2, 0.25) is 0 Å². The highest BCUT2D eigenvalue weighted by Crippen LogP contribution is 2.21. The molecule has 0 atom stereocenters. The number of aliphatic hydroxyl groups is 2. The molecule has 0 aromatic rings. The molecule has 0 heterocycles. The van der Waals surface area contributed by atoms with Gasteiger partial charge in [0.1, 0.15) is 0 Å². The van der Waals surface area contributed by atoms with Crippen LogP contribution < -0.4 is 0 Å². The van der Waals surface area contributed by atoms with Crippen molar-refractivity contribution in [2.75, 3.05) is 80.3 Å². The Hall–Kier alpha value is -1.34. The molecule has 0 aliphatic carbocycles. The van der Waals surface area contributed by atoms with E-state index in [9.17, 15) is 9.59 Å². The van der Waals surface area contributed by atoms with E-state index in [1.807, 2.05) is 0 Å². The Morgan fingerprint density at radius 3 is 1.30 bits per heavy atom. The molecule has 0 fully saturated rings. The van der Waals surface area contributed by atoms with Crippen molar-refractivity contribution in [3.63, 3.8) is 0 Å². The highest BCUT2D eigenvalue weighted by atomic mass is 16.5. The van der Waals surface area contributed by atoms with Crippen molar-refractivity contribution in [3.05, 3.63) is 0 Å². The average molecular weight is 443 g/mol. The molecule has 0 aromatic carbocycles. The maximum atomic E-state index is 11.3. The molecule has 0 rings (SSSR count). The Labute approximate surface area is 177 Å². The van der Waals surface area contributed by atoms with Gasteiger partial charge in [-0.1, -0.05) is 0 Å². The van der Waals surface area contributed by atoms with Gasteiger partial charge in [0.05, 0.1) is 72.1 Å². The van der Waals surface area contributed by atoms with Crippen molar-refractivity contribution >= 4 is 11.9 Å². The predicted octanol–water partition coefficient (Wildman–Crippen LogP) is -0.894. The van der Waals surface area contributed by atoms with Crippen LogP contribution in [0.5, 0.6) is 0 Å². The van der Waals surface area contributed by atoms with Gasteiger partial charge >= 0.3 is 11.9 Å². The Kier molecular flexibility index (Phi) is 21.5. The van der Waals surface area contributed by atoms with Gasteiger partial charge in [0.15, 0.2) is 0 Å². The molecule has 11 heteroatoms. The van der Waals surface area contributed by atoms with Crippen molar-refractivity contribution in [1.82, 2.24) is 0 Å². The lowest BCUT2D eigenvalue weighted by atomic mass is 9.92. The fraction of sp³-hybridized carbons (Fsp3) is 0.895. The number of esters is 2. The molecule has 0 saturated carbocycles. The Balaban J connectivity index is 0. The molecule has 4 N–H and O–H groups in total. The van der Waals surface area contributed by atoms with Crippen LogP contribution in [0.4, 0.5) is 0 Å². The van der Waals surface area contributed by atoms with Crippen molar-refractivity contribution in [3.8, 4) is 0 Å². The molecule has 0 saturated heterocycles. The number of aliphatic hydroxyl groups excluding tert-OH is 2. The topological polar surface area (TPSA) is 161 Å². The van der Waals surface area contributed by atoms with E-state index in [1.54, 1.807) is 0 Å². The maximum absolute atomic E-state index is 11.3. The molecule has 11 nitrogen and oxygen atoms in total. The van der Waals surface area contributed by atoms with Crippen LogP contribution in [0.15, 0.2) is 0 Å². The number of carbonyl (C=O) groups is 2. The van der Waals surface area contributed by atoms with Gasteiger partial charge in [-0.3, -0.25) is 9.59 Å². The molecule has 180 valence electrons. The fourth-order valence-electron chi connectivity index (χ4n) is 2.25. The summed E-state index contributed by atoms with van der Waals surface area (Å²) in [5, 5.41) is 17.9. The quantitative estimate of drug-likeness (QED) is 0.179. The summed E-state index contributed by atoms with van der Waals surface area (Å²) in [6.45, 7) is 1.97. The lowest BCUT2D eigenvalue weighted by Gasteiger charge is -2.33. The largest absolute Gasteiger partial charge is 0.469 e. The number of hydrogen-bond acceptors (Lipinski definition) is 10. The molecule has 0 bridgehead atoms. The number of hydrogen-bond donors (Lipinski definition) is 2. The highest BCUT2D eigenvalue weighted by molar-refractivity contribution is 5.69. The van der Waals surface area contributed by atoms with Gasteiger partial charge in [-0.05, 0) is 12.8 Å². The molecule has 0 amide bonds. The molecule has 0 spiro atoms. The van der Waals surface area contributed by atoms with Crippen LogP contribution in [0, 0.1) is 5.41 Å². The van der Waals surface area contributed by atoms with E-state index < -0.39 is 5.41 Å². The SMILES string of the molecule is COC(=O)CCOCC(COCCCO)(COCCCO)COCCC(=O)OC.O. The van der Waals surface area contributed by atoms with Crippen LogP contribution in [0.2, 0.25) is 0 Å². The summed E-state index contributed by atoms with van der Waals surface area (Å²) in [7, 11) is 2.62. The third-order valence-corrected chi connectivity index (χ3v) is 3.88. The van der Waals surface area contributed by atoms with Crippen LogP contribution in [-0.4, -0.2) is 108 Å². The second-order valence-electron chi connectivity index (χ2n) is 6.52. The zero-order chi connectivity index (χ0) is 21.8. The summed E-state index contributed by atoms with van der Waals surface area (Å²) in [5.74, 6) is -0.744. The second kappa shape index (κ2) is 20.9. The van der Waals surface area contributed by atoms with Crippen LogP contribution in [0.1, 0.15) is 25.7 Å². The summed E-state index contributed by atoms with van der Waals surface area (Å²) in [6.07, 6.45) is 1.22. The number of methoxy groups -OCH3 is 2. The molecule has 0 aliphatic heterocycles. The lowest BCUT2D eigenvalue weighted by molar-refractivity contribution is -0.144. The first kappa shape index (κ1) is 30.9. The smallest absolute Gasteiger partial charge is 0.307 e. The van der Waals surface area contributed by atoms with E-state index in [0.717, 1.165) is 0 Å². The van der Waals surface area contributed by atoms with Crippen molar-refractivity contribution < 1.29 is 53.7 Å². The van der Waals surface area contributed by atoms with Crippen LogP contribution in [0.3, 0.4) is 0 Å². The minimum Gasteiger partial charge on any atom is -0.469 e. The van der Waals surface area contributed by atoms with Gasteiger partial charge < -0.3 is 44.1 Å². The summed E-state index contributed by atoms with van der Waals surface area (Å²) >= 11 is 0. The van der Waals surface area contributed by atoms with Gasteiger partial charge in [-0.2, -0.15) is 0 Å².